The summed E-state index contributed by atoms with van der Waals surface area (Å²) in [5, 5.41) is 0. The van der Waals surface area contributed by atoms with E-state index in [4.69, 9.17) is 9.47 Å². The van der Waals surface area contributed by atoms with Gasteiger partial charge in [-0.15, -0.1) is 24.8 Å². The van der Waals surface area contributed by atoms with Gasteiger partial charge in [-0.3, -0.25) is 19.4 Å². The van der Waals surface area contributed by atoms with Crippen LogP contribution in [0.15, 0.2) is 0 Å². The number of carbonyl (C=O) groups excluding carboxylic acids is 2. The Hall–Kier alpha value is -0.640. The standard InChI is InChI=1S/C16H28N4O4.2ClH/c21-15(13-17-5-9-23-10-6-17)19-1-2-20(4-3-19)16(22)14-18-7-11-24-12-8-18;;/h1-14H2;2*1H. The lowest BCUT2D eigenvalue weighted by atomic mass is 10.2. The van der Waals surface area contributed by atoms with E-state index in [0.717, 1.165) is 26.2 Å². The molecule has 10 heteroatoms. The van der Waals surface area contributed by atoms with Gasteiger partial charge >= 0.3 is 0 Å². The number of carbonyl (C=O) groups is 2. The minimum Gasteiger partial charge on any atom is -0.379 e. The number of hydrogen-bond acceptors (Lipinski definition) is 6. The highest BCUT2D eigenvalue weighted by atomic mass is 35.5. The second kappa shape index (κ2) is 11.9. The van der Waals surface area contributed by atoms with E-state index in [2.05, 4.69) is 9.80 Å². The molecule has 0 aromatic heterocycles. The first-order valence-electron chi connectivity index (χ1n) is 8.88. The lowest BCUT2D eigenvalue weighted by Gasteiger charge is -2.37. The topological polar surface area (TPSA) is 65.6 Å². The Kier molecular flexibility index (Phi) is 10.7. The van der Waals surface area contributed by atoms with Crippen LogP contribution in [0.25, 0.3) is 0 Å². The summed E-state index contributed by atoms with van der Waals surface area (Å²) in [4.78, 5) is 32.8. The molecule has 26 heavy (non-hydrogen) atoms. The number of amides is 2. The molecule has 0 atom stereocenters. The minimum absolute atomic E-state index is 0. The zero-order valence-corrected chi connectivity index (χ0v) is 16.8. The van der Waals surface area contributed by atoms with E-state index in [0.29, 0.717) is 65.7 Å². The third kappa shape index (κ3) is 6.83. The van der Waals surface area contributed by atoms with Gasteiger partial charge < -0.3 is 19.3 Å². The Morgan fingerprint density at radius 2 is 0.885 bits per heavy atom. The second-order valence-corrected chi connectivity index (χ2v) is 6.54. The average molecular weight is 413 g/mol. The molecule has 0 bridgehead atoms. The van der Waals surface area contributed by atoms with Crippen molar-refractivity contribution in [3.8, 4) is 0 Å². The third-order valence-electron chi connectivity index (χ3n) is 4.91. The molecule has 0 aromatic carbocycles. The van der Waals surface area contributed by atoms with E-state index in [9.17, 15) is 9.59 Å². The van der Waals surface area contributed by atoms with Gasteiger partial charge in [-0.1, -0.05) is 0 Å². The predicted molar refractivity (Wildman–Crippen MR) is 102 cm³/mol. The molecule has 0 radical (unpaired) electrons. The van der Waals surface area contributed by atoms with Crippen LogP contribution < -0.4 is 0 Å². The van der Waals surface area contributed by atoms with E-state index >= 15 is 0 Å². The molecule has 3 fully saturated rings. The lowest BCUT2D eigenvalue weighted by molar-refractivity contribution is -0.141. The highest BCUT2D eigenvalue weighted by molar-refractivity contribution is 5.85. The van der Waals surface area contributed by atoms with Gasteiger partial charge in [0.15, 0.2) is 0 Å². The van der Waals surface area contributed by atoms with Gasteiger partial charge in [0, 0.05) is 52.4 Å². The molecule has 0 unspecified atom stereocenters. The molecule has 152 valence electrons. The summed E-state index contributed by atoms with van der Waals surface area (Å²) in [6.45, 7) is 9.59. The van der Waals surface area contributed by atoms with Gasteiger partial charge in [0.25, 0.3) is 0 Å². The van der Waals surface area contributed by atoms with Crippen molar-refractivity contribution in [2.24, 2.45) is 0 Å². The van der Waals surface area contributed by atoms with Crippen LogP contribution in [0, 0.1) is 0 Å². The number of hydrogen-bond donors (Lipinski definition) is 0. The van der Waals surface area contributed by atoms with Gasteiger partial charge in [-0.05, 0) is 0 Å². The summed E-state index contributed by atoms with van der Waals surface area (Å²) in [6, 6.07) is 0. The van der Waals surface area contributed by atoms with Crippen LogP contribution >= 0.6 is 24.8 Å². The van der Waals surface area contributed by atoms with Crippen LogP contribution in [0.2, 0.25) is 0 Å². The van der Waals surface area contributed by atoms with Crippen LogP contribution in [0.5, 0.6) is 0 Å². The molecule has 3 saturated heterocycles. The largest absolute Gasteiger partial charge is 0.379 e. The SMILES string of the molecule is Cl.Cl.O=C(CN1CCOCC1)N1CCN(C(=O)CN2CCOCC2)CC1. The fourth-order valence-corrected chi connectivity index (χ4v) is 3.31. The summed E-state index contributed by atoms with van der Waals surface area (Å²) in [7, 11) is 0. The third-order valence-corrected chi connectivity index (χ3v) is 4.91. The van der Waals surface area contributed by atoms with Crippen LogP contribution in [0.1, 0.15) is 0 Å². The first-order chi connectivity index (χ1) is 11.7. The summed E-state index contributed by atoms with van der Waals surface area (Å²) in [6.07, 6.45) is 0. The number of rotatable bonds is 4. The maximum absolute atomic E-state index is 12.4. The highest BCUT2D eigenvalue weighted by Gasteiger charge is 2.26. The number of piperazine rings is 1. The first kappa shape index (κ1) is 23.4. The molecule has 0 spiro atoms. The van der Waals surface area contributed by atoms with E-state index in [-0.39, 0.29) is 36.6 Å². The second-order valence-electron chi connectivity index (χ2n) is 6.54. The maximum atomic E-state index is 12.4. The van der Waals surface area contributed by atoms with Gasteiger partial charge in [-0.25, -0.2) is 0 Å². The minimum atomic E-state index is 0. The average Bonchev–Trinajstić information content (AvgIpc) is 2.63. The molecular weight excluding hydrogens is 383 g/mol. The molecule has 3 rings (SSSR count). The molecule has 3 aliphatic rings. The smallest absolute Gasteiger partial charge is 0.236 e. The van der Waals surface area contributed by atoms with Gasteiger partial charge in [0.05, 0.1) is 39.5 Å². The summed E-state index contributed by atoms with van der Waals surface area (Å²) < 4.78 is 10.6. The zero-order valence-electron chi connectivity index (χ0n) is 15.1. The first-order valence-corrected chi connectivity index (χ1v) is 8.88. The molecule has 2 amide bonds. The molecular formula is C16H30Cl2N4O4. The van der Waals surface area contributed by atoms with Crippen molar-refractivity contribution in [3.63, 3.8) is 0 Å². The highest BCUT2D eigenvalue weighted by Crippen LogP contribution is 2.06. The summed E-state index contributed by atoms with van der Waals surface area (Å²) >= 11 is 0. The van der Waals surface area contributed by atoms with E-state index in [1.54, 1.807) is 0 Å². The summed E-state index contributed by atoms with van der Waals surface area (Å²) in [5.74, 6) is 0.328. The van der Waals surface area contributed by atoms with Gasteiger partial charge in [0.1, 0.15) is 0 Å². The van der Waals surface area contributed by atoms with Gasteiger partial charge in [-0.2, -0.15) is 0 Å². The van der Waals surface area contributed by atoms with Crippen LogP contribution in [0.3, 0.4) is 0 Å². The van der Waals surface area contributed by atoms with Crippen molar-refractivity contribution < 1.29 is 19.1 Å². The molecule has 0 saturated carbocycles. The van der Waals surface area contributed by atoms with E-state index in [1.807, 2.05) is 9.80 Å². The monoisotopic (exact) mass is 412 g/mol. The quantitative estimate of drug-likeness (QED) is 0.600. The molecule has 0 N–H and O–H groups in total. The predicted octanol–water partition coefficient (Wildman–Crippen LogP) is -0.835. The van der Waals surface area contributed by atoms with Crippen molar-refractivity contribution in [2.45, 2.75) is 0 Å². The fraction of sp³-hybridized carbons (Fsp3) is 0.875. The maximum Gasteiger partial charge on any atom is 0.236 e. The number of nitrogens with zero attached hydrogens (tertiary/aromatic N) is 4. The van der Waals surface area contributed by atoms with Crippen LogP contribution in [0.4, 0.5) is 0 Å². The zero-order chi connectivity index (χ0) is 16.8. The Balaban J connectivity index is 0.00000169. The number of morpholine rings is 2. The van der Waals surface area contributed by atoms with E-state index in [1.165, 1.54) is 0 Å². The molecule has 8 nitrogen and oxygen atoms in total. The Bertz CT molecular complexity index is 398. The lowest BCUT2D eigenvalue weighted by Crippen LogP contribution is -2.55. The Labute approximate surface area is 167 Å². The fourth-order valence-electron chi connectivity index (χ4n) is 3.31. The number of ether oxygens (including phenoxy) is 2. The Morgan fingerprint density at radius 3 is 1.19 bits per heavy atom. The summed E-state index contributed by atoms with van der Waals surface area (Å²) in [5.41, 5.74) is 0. The molecule has 3 heterocycles. The van der Waals surface area contributed by atoms with Crippen molar-refractivity contribution in [1.29, 1.82) is 0 Å². The normalized spacial score (nSPS) is 22.3. The van der Waals surface area contributed by atoms with Crippen molar-refractivity contribution in [2.75, 3.05) is 91.9 Å². The molecule has 3 aliphatic heterocycles. The van der Waals surface area contributed by atoms with Crippen molar-refractivity contribution in [1.82, 2.24) is 19.6 Å². The van der Waals surface area contributed by atoms with Crippen molar-refractivity contribution in [3.05, 3.63) is 0 Å². The van der Waals surface area contributed by atoms with Gasteiger partial charge in [0.2, 0.25) is 11.8 Å². The van der Waals surface area contributed by atoms with Crippen molar-refractivity contribution >= 4 is 36.6 Å². The Morgan fingerprint density at radius 1 is 0.577 bits per heavy atom. The van der Waals surface area contributed by atoms with Crippen LogP contribution in [-0.2, 0) is 19.1 Å². The molecule has 0 aliphatic carbocycles. The van der Waals surface area contributed by atoms with Crippen LogP contribution in [-0.4, -0.2) is 123 Å². The van der Waals surface area contributed by atoms with E-state index < -0.39 is 0 Å². The molecule has 0 aromatic rings. The number of halogens is 2.